The first-order valence-electron chi connectivity index (χ1n) is 3.95. The molecule has 4 heteroatoms. The Morgan fingerprint density at radius 2 is 2.55 bits per heavy atom. The normalized spacial score (nSPS) is 25.7. The average Bonchev–Trinajstić information content (AvgIpc) is 2.30. The molecule has 1 rings (SSSR count). The second-order valence-electron chi connectivity index (χ2n) is 2.70. The maximum Gasteiger partial charge on any atom is 0.230 e. The number of carbonyl (C=O) groups excluding carboxylic acids is 1. The first-order valence-corrected chi connectivity index (χ1v) is 3.95. The summed E-state index contributed by atoms with van der Waals surface area (Å²) in [7, 11) is 1.66. The number of carbonyl (C=O) groups is 1. The molecule has 0 bridgehead atoms. The minimum Gasteiger partial charge on any atom is -0.375 e. The summed E-state index contributed by atoms with van der Waals surface area (Å²) in [6.07, 6.45) is 0. The highest BCUT2D eigenvalue weighted by Crippen LogP contribution is 1.95. The smallest absolute Gasteiger partial charge is 0.230 e. The number of rotatable bonds is 1. The lowest BCUT2D eigenvalue weighted by molar-refractivity contribution is -0.655. The molecule has 1 unspecified atom stereocenters. The molecule has 0 aromatic heterocycles. The molecule has 3 N–H and O–H groups in total. The number of ether oxygens (including phenoxy) is 1. The number of quaternary nitrogens is 1. The van der Waals surface area contributed by atoms with Gasteiger partial charge in [0.25, 0.3) is 0 Å². The predicted octanol–water partition coefficient (Wildman–Crippen LogP) is -2.06. The fraction of sp³-hybridized carbons (Fsp3) is 0.857. The van der Waals surface area contributed by atoms with Gasteiger partial charge in [-0.05, 0) is 0 Å². The van der Waals surface area contributed by atoms with Gasteiger partial charge in [-0.25, -0.2) is 0 Å². The largest absolute Gasteiger partial charge is 0.375 e. The third-order valence-corrected chi connectivity index (χ3v) is 1.85. The molecule has 0 radical (unpaired) electrons. The van der Waals surface area contributed by atoms with E-state index in [4.69, 9.17) is 4.74 Å². The summed E-state index contributed by atoms with van der Waals surface area (Å²) in [4.78, 5) is 11.1. The lowest BCUT2D eigenvalue weighted by Gasteiger charge is -2.08. The third kappa shape index (κ3) is 2.48. The Bertz CT molecular complexity index is 130. The van der Waals surface area contributed by atoms with Crippen LogP contribution in [0.2, 0.25) is 0 Å². The highest BCUT2D eigenvalue weighted by atomic mass is 16.5. The van der Waals surface area contributed by atoms with Gasteiger partial charge in [0.2, 0.25) is 5.91 Å². The molecule has 1 saturated heterocycles. The SMILES string of the molecule is CNC(=O)C1C[NH2+]CCOC1. The van der Waals surface area contributed by atoms with Gasteiger partial charge in [-0.2, -0.15) is 0 Å². The molecule has 0 spiro atoms. The van der Waals surface area contributed by atoms with Gasteiger partial charge in [-0.3, -0.25) is 4.79 Å². The quantitative estimate of drug-likeness (QED) is 0.462. The van der Waals surface area contributed by atoms with E-state index in [1.54, 1.807) is 7.05 Å². The molecular weight excluding hydrogens is 144 g/mol. The van der Waals surface area contributed by atoms with Gasteiger partial charge in [-0.1, -0.05) is 0 Å². The van der Waals surface area contributed by atoms with Crippen LogP contribution in [-0.2, 0) is 9.53 Å². The van der Waals surface area contributed by atoms with Crippen molar-refractivity contribution in [3.05, 3.63) is 0 Å². The molecule has 1 fully saturated rings. The molecule has 1 aliphatic heterocycles. The zero-order valence-electron chi connectivity index (χ0n) is 6.80. The van der Waals surface area contributed by atoms with Crippen molar-refractivity contribution < 1.29 is 14.8 Å². The molecule has 0 saturated carbocycles. The van der Waals surface area contributed by atoms with Crippen LogP contribution in [-0.4, -0.2) is 39.3 Å². The van der Waals surface area contributed by atoms with Gasteiger partial charge in [-0.15, -0.1) is 0 Å². The van der Waals surface area contributed by atoms with Crippen LogP contribution in [0.15, 0.2) is 0 Å². The second kappa shape index (κ2) is 4.31. The minimum atomic E-state index is 0.0301. The van der Waals surface area contributed by atoms with E-state index in [9.17, 15) is 4.79 Å². The van der Waals surface area contributed by atoms with E-state index >= 15 is 0 Å². The standard InChI is InChI=1S/C7H14N2O2/c1-8-7(10)6-4-9-2-3-11-5-6/h6,9H,2-5H2,1H3,(H,8,10)/p+1. The lowest BCUT2D eigenvalue weighted by atomic mass is 10.1. The van der Waals surface area contributed by atoms with Gasteiger partial charge in [0, 0.05) is 7.05 Å². The fourth-order valence-corrected chi connectivity index (χ4v) is 1.17. The summed E-state index contributed by atoms with van der Waals surface area (Å²) in [6.45, 7) is 3.14. The Labute approximate surface area is 66.3 Å². The van der Waals surface area contributed by atoms with E-state index in [1.807, 2.05) is 0 Å². The van der Waals surface area contributed by atoms with E-state index in [1.165, 1.54) is 0 Å². The maximum atomic E-state index is 11.1. The molecular formula is C7H15N2O2+. The number of amides is 1. The van der Waals surface area contributed by atoms with Crippen molar-refractivity contribution in [1.29, 1.82) is 0 Å². The van der Waals surface area contributed by atoms with E-state index in [0.29, 0.717) is 6.61 Å². The molecule has 1 heterocycles. The van der Waals surface area contributed by atoms with Crippen LogP contribution in [0, 0.1) is 5.92 Å². The molecule has 1 atom stereocenters. The molecule has 4 nitrogen and oxygen atoms in total. The van der Waals surface area contributed by atoms with Crippen LogP contribution in [0.1, 0.15) is 0 Å². The number of hydrogen-bond donors (Lipinski definition) is 2. The lowest BCUT2D eigenvalue weighted by Crippen LogP contribution is -2.86. The molecule has 0 aromatic rings. The van der Waals surface area contributed by atoms with Gasteiger partial charge in [0.1, 0.15) is 5.92 Å². The van der Waals surface area contributed by atoms with Crippen molar-refractivity contribution >= 4 is 5.91 Å². The van der Waals surface area contributed by atoms with Gasteiger partial charge in [0.15, 0.2) is 0 Å². The Hall–Kier alpha value is -0.610. The van der Waals surface area contributed by atoms with Crippen molar-refractivity contribution in [1.82, 2.24) is 5.32 Å². The first kappa shape index (κ1) is 8.49. The summed E-state index contributed by atoms with van der Waals surface area (Å²) in [5.74, 6) is 0.116. The average molecular weight is 159 g/mol. The van der Waals surface area contributed by atoms with E-state index < -0.39 is 0 Å². The Morgan fingerprint density at radius 1 is 1.73 bits per heavy atom. The Balaban J connectivity index is 2.36. The summed E-state index contributed by atoms with van der Waals surface area (Å²) < 4.78 is 5.24. The molecule has 64 valence electrons. The molecule has 0 aromatic carbocycles. The summed E-state index contributed by atoms with van der Waals surface area (Å²) in [5.41, 5.74) is 0. The van der Waals surface area contributed by atoms with Crippen LogP contribution in [0.5, 0.6) is 0 Å². The summed E-state index contributed by atoms with van der Waals surface area (Å²) in [5, 5.41) is 4.74. The topological polar surface area (TPSA) is 54.9 Å². The van der Waals surface area contributed by atoms with Crippen LogP contribution in [0.3, 0.4) is 0 Å². The summed E-state index contributed by atoms with van der Waals surface area (Å²) in [6, 6.07) is 0. The molecule has 11 heavy (non-hydrogen) atoms. The van der Waals surface area contributed by atoms with Crippen molar-refractivity contribution in [2.75, 3.05) is 33.4 Å². The van der Waals surface area contributed by atoms with Crippen molar-refractivity contribution in [2.24, 2.45) is 5.92 Å². The fourth-order valence-electron chi connectivity index (χ4n) is 1.17. The van der Waals surface area contributed by atoms with Crippen LogP contribution in [0.25, 0.3) is 0 Å². The highest BCUT2D eigenvalue weighted by Gasteiger charge is 2.21. The molecule has 1 amide bonds. The molecule has 1 aliphatic rings. The van der Waals surface area contributed by atoms with Crippen molar-refractivity contribution in [2.45, 2.75) is 0 Å². The van der Waals surface area contributed by atoms with Crippen LogP contribution in [0.4, 0.5) is 0 Å². The second-order valence-corrected chi connectivity index (χ2v) is 2.70. The first-order chi connectivity index (χ1) is 5.34. The molecule has 0 aliphatic carbocycles. The van der Waals surface area contributed by atoms with Crippen LogP contribution >= 0.6 is 0 Å². The van der Waals surface area contributed by atoms with Gasteiger partial charge < -0.3 is 15.4 Å². The number of hydrogen-bond acceptors (Lipinski definition) is 2. The maximum absolute atomic E-state index is 11.1. The number of nitrogens with two attached hydrogens (primary N) is 1. The monoisotopic (exact) mass is 159 g/mol. The zero-order chi connectivity index (χ0) is 8.10. The van der Waals surface area contributed by atoms with Crippen molar-refractivity contribution in [3.63, 3.8) is 0 Å². The summed E-state index contributed by atoms with van der Waals surface area (Å²) >= 11 is 0. The Morgan fingerprint density at radius 3 is 3.27 bits per heavy atom. The van der Waals surface area contributed by atoms with Crippen molar-refractivity contribution in [3.8, 4) is 0 Å². The minimum absolute atomic E-state index is 0.0301. The van der Waals surface area contributed by atoms with Gasteiger partial charge in [0.05, 0.1) is 26.3 Å². The highest BCUT2D eigenvalue weighted by molar-refractivity contribution is 5.78. The Kier molecular flexibility index (Phi) is 3.32. The third-order valence-electron chi connectivity index (χ3n) is 1.85. The number of nitrogens with one attached hydrogen (secondary N) is 1. The van der Waals surface area contributed by atoms with E-state index in [0.717, 1.165) is 19.7 Å². The van der Waals surface area contributed by atoms with E-state index in [2.05, 4.69) is 10.6 Å². The van der Waals surface area contributed by atoms with E-state index in [-0.39, 0.29) is 11.8 Å². The van der Waals surface area contributed by atoms with Gasteiger partial charge >= 0.3 is 0 Å². The predicted molar refractivity (Wildman–Crippen MR) is 40.0 cm³/mol. The van der Waals surface area contributed by atoms with Crippen LogP contribution < -0.4 is 10.6 Å². The zero-order valence-corrected chi connectivity index (χ0v) is 6.80.